The van der Waals surface area contributed by atoms with Crippen molar-refractivity contribution in [1.82, 2.24) is 9.80 Å². The number of ether oxygens (including phenoxy) is 1. The summed E-state index contributed by atoms with van der Waals surface area (Å²) in [5.74, 6) is 0.0473. The van der Waals surface area contributed by atoms with Crippen molar-refractivity contribution in [3.63, 3.8) is 0 Å². The van der Waals surface area contributed by atoms with Crippen LogP contribution >= 0.6 is 0 Å². The monoisotopic (exact) mass is 427 g/mol. The van der Waals surface area contributed by atoms with E-state index in [2.05, 4.69) is 23.8 Å². The van der Waals surface area contributed by atoms with Gasteiger partial charge in [-0.15, -0.1) is 0 Å². The molecule has 4 rings (SSSR count). The molecule has 2 saturated heterocycles. The molecule has 0 spiro atoms. The molecule has 2 amide bonds. The molecule has 3 atom stereocenters. The number of para-hydroxylation sites is 1. The normalized spacial score (nSPS) is 27.9. The maximum Gasteiger partial charge on any atom is 0.270 e. The third-order valence-electron chi connectivity index (χ3n) is 6.42. The van der Waals surface area contributed by atoms with E-state index in [-0.39, 0.29) is 24.5 Å². The Hall–Kier alpha value is -2.45. The number of hydrogen-bond acceptors (Lipinski definition) is 6. The van der Waals surface area contributed by atoms with Crippen LogP contribution in [-0.4, -0.2) is 78.3 Å². The molecule has 0 radical (unpaired) electrons. The molecule has 168 valence electrons. The van der Waals surface area contributed by atoms with Crippen molar-refractivity contribution in [1.29, 1.82) is 0 Å². The Morgan fingerprint density at radius 1 is 1.10 bits per heavy atom. The second kappa shape index (κ2) is 9.36. The van der Waals surface area contributed by atoms with E-state index in [1.165, 1.54) is 0 Å². The zero-order chi connectivity index (χ0) is 22.0. The number of hydrogen-bond donors (Lipinski definition) is 1. The number of carbonyl (C=O) groups is 2. The van der Waals surface area contributed by atoms with Crippen LogP contribution in [-0.2, 0) is 14.3 Å². The average Bonchev–Trinajstić information content (AvgIpc) is 3.20. The first-order valence-electron chi connectivity index (χ1n) is 11.3. The van der Waals surface area contributed by atoms with Gasteiger partial charge in [0.15, 0.2) is 0 Å². The number of piperidine rings is 1. The standard InChI is InChI=1S/C23H33N5O3/c1-16-13-26(14-17(2)31-16)15-18-8-10-27(11-9-18)23(30)20-12-21(22(24)29)28(25-20)19-6-4-3-5-7-19/h3-7,16-18,21H,8-15H2,1-2H3,(H2,24,29). The molecule has 8 heteroatoms. The summed E-state index contributed by atoms with van der Waals surface area (Å²) in [4.78, 5) is 29.5. The Labute approximate surface area is 184 Å². The molecule has 2 fully saturated rings. The number of nitrogens with zero attached hydrogens (tertiary/aromatic N) is 4. The minimum atomic E-state index is -0.621. The molecule has 3 aliphatic heterocycles. The van der Waals surface area contributed by atoms with Gasteiger partial charge in [0.2, 0.25) is 5.91 Å². The summed E-state index contributed by atoms with van der Waals surface area (Å²) < 4.78 is 5.83. The summed E-state index contributed by atoms with van der Waals surface area (Å²) in [6.45, 7) is 8.73. The zero-order valence-corrected chi connectivity index (χ0v) is 18.4. The summed E-state index contributed by atoms with van der Waals surface area (Å²) >= 11 is 0. The molecule has 31 heavy (non-hydrogen) atoms. The first kappa shape index (κ1) is 21.8. The molecule has 1 aromatic rings. The van der Waals surface area contributed by atoms with Gasteiger partial charge in [-0.3, -0.25) is 19.5 Å². The van der Waals surface area contributed by atoms with Gasteiger partial charge in [0.1, 0.15) is 11.8 Å². The number of amides is 2. The highest BCUT2D eigenvalue weighted by Crippen LogP contribution is 2.26. The quantitative estimate of drug-likeness (QED) is 0.768. The molecular weight excluding hydrogens is 394 g/mol. The highest BCUT2D eigenvalue weighted by molar-refractivity contribution is 6.40. The van der Waals surface area contributed by atoms with Crippen LogP contribution in [0.3, 0.4) is 0 Å². The summed E-state index contributed by atoms with van der Waals surface area (Å²) in [6.07, 6.45) is 2.78. The lowest BCUT2D eigenvalue weighted by molar-refractivity contribution is -0.125. The highest BCUT2D eigenvalue weighted by Gasteiger charge is 2.37. The Kier molecular flexibility index (Phi) is 6.57. The smallest absolute Gasteiger partial charge is 0.270 e. The molecule has 3 heterocycles. The Bertz CT molecular complexity index is 812. The van der Waals surface area contributed by atoms with Crippen LogP contribution in [0.25, 0.3) is 0 Å². The van der Waals surface area contributed by atoms with Crippen molar-refractivity contribution >= 4 is 23.2 Å². The summed E-state index contributed by atoms with van der Waals surface area (Å²) in [7, 11) is 0. The van der Waals surface area contributed by atoms with E-state index in [4.69, 9.17) is 10.5 Å². The predicted molar refractivity (Wildman–Crippen MR) is 120 cm³/mol. The van der Waals surface area contributed by atoms with Crippen molar-refractivity contribution in [2.24, 2.45) is 16.8 Å². The number of carbonyl (C=O) groups excluding carboxylic acids is 2. The molecule has 0 aromatic heterocycles. The average molecular weight is 428 g/mol. The molecule has 0 bridgehead atoms. The molecule has 0 aliphatic carbocycles. The van der Waals surface area contributed by atoms with E-state index < -0.39 is 11.9 Å². The number of hydrazone groups is 1. The number of primary amides is 1. The SMILES string of the molecule is CC1CN(CC2CCN(C(=O)C3=NN(c4ccccc4)C(C(N)=O)C3)CC2)CC(C)O1. The van der Waals surface area contributed by atoms with E-state index in [9.17, 15) is 9.59 Å². The highest BCUT2D eigenvalue weighted by atomic mass is 16.5. The summed E-state index contributed by atoms with van der Waals surface area (Å²) in [5.41, 5.74) is 6.78. The fourth-order valence-electron chi connectivity index (χ4n) is 4.98. The van der Waals surface area contributed by atoms with Crippen LogP contribution in [0.2, 0.25) is 0 Å². The summed E-state index contributed by atoms with van der Waals surface area (Å²) in [6, 6.07) is 8.77. The van der Waals surface area contributed by atoms with Crippen molar-refractivity contribution in [3.8, 4) is 0 Å². The third-order valence-corrected chi connectivity index (χ3v) is 6.42. The van der Waals surface area contributed by atoms with Gasteiger partial charge in [-0.2, -0.15) is 5.10 Å². The maximum atomic E-state index is 13.1. The molecule has 2 N–H and O–H groups in total. The number of rotatable bonds is 5. The minimum Gasteiger partial charge on any atom is -0.373 e. The second-order valence-corrected chi connectivity index (χ2v) is 9.06. The number of benzene rings is 1. The van der Waals surface area contributed by atoms with Gasteiger partial charge in [0, 0.05) is 39.1 Å². The second-order valence-electron chi connectivity index (χ2n) is 9.06. The first-order valence-corrected chi connectivity index (χ1v) is 11.3. The van der Waals surface area contributed by atoms with Crippen LogP contribution in [0.1, 0.15) is 33.1 Å². The van der Waals surface area contributed by atoms with Crippen LogP contribution in [0.15, 0.2) is 35.4 Å². The molecule has 3 unspecified atom stereocenters. The van der Waals surface area contributed by atoms with Crippen molar-refractivity contribution in [3.05, 3.63) is 30.3 Å². The maximum absolute atomic E-state index is 13.1. The summed E-state index contributed by atoms with van der Waals surface area (Å²) in [5, 5.41) is 6.09. The lowest BCUT2D eigenvalue weighted by atomic mass is 9.95. The van der Waals surface area contributed by atoms with Crippen molar-refractivity contribution < 1.29 is 14.3 Å². The van der Waals surface area contributed by atoms with Crippen molar-refractivity contribution in [2.75, 3.05) is 37.7 Å². The first-order chi connectivity index (χ1) is 14.9. The van der Waals surface area contributed by atoms with Gasteiger partial charge in [-0.1, -0.05) is 18.2 Å². The van der Waals surface area contributed by atoms with Gasteiger partial charge in [-0.25, -0.2) is 0 Å². The number of likely N-dealkylation sites (tertiary alicyclic amines) is 1. The Morgan fingerprint density at radius 2 is 1.74 bits per heavy atom. The number of anilines is 1. The van der Waals surface area contributed by atoms with E-state index in [0.717, 1.165) is 51.3 Å². The van der Waals surface area contributed by atoms with Crippen LogP contribution in [0.5, 0.6) is 0 Å². The molecular formula is C23H33N5O3. The van der Waals surface area contributed by atoms with Crippen molar-refractivity contribution in [2.45, 2.75) is 51.4 Å². The van der Waals surface area contributed by atoms with Gasteiger partial charge in [0.25, 0.3) is 5.91 Å². The van der Waals surface area contributed by atoms with Crippen LogP contribution < -0.4 is 10.7 Å². The number of morpholine rings is 1. The topological polar surface area (TPSA) is 91.5 Å². The fraction of sp³-hybridized carbons (Fsp3) is 0.609. The Morgan fingerprint density at radius 3 is 2.35 bits per heavy atom. The van der Waals surface area contributed by atoms with Crippen LogP contribution in [0.4, 0.5) is 5.69 Å². The molecule has 1 aromatic carbocycles. The van der Waals surface area contributed by atoms with Gasteiger partial charge in [0.05, 0.1) is 17.9 Å². The largest absolute Gasteiger partial charge is 0.373 e. The molecule has 3 aliphatic rings. The van der Waals surface area contributed by atoms with E-state index in [1.54, 1.807) is 5.01 Å². The lowest BCUT2D eigenvalue weighted by Crippen LogP contribution is -2.49. The van der Waals surface area contributed by atoms with E-state index >= 15 is 0 Å². The molecule has 8 nitrogen and oxygen atoms in total. The van der Waals surface area contributed by atoms with E-state index in [0.29, 0.717) is 11.6 Å². The Balaban J connectivity index is 1.34. The third kappa shape index (κ3) is 5.07. The van der Waals surface area contributed by atoms with E-state index in [1.807, 2.05) is 35.2 Å². The minimum absolute atomic E-state index is 0.0725. The number of nitrogens with two attached hydrogens (primary N) is 1. The van der Waals surface area contributed by atoms with Gasteiger partial charge < -0.3 is 15.4 Å². The predicted octanol–water partition coefficient (Wildman–Crippen LogP) is 1.45. The fourth-order valence-corrected chi connectivity index (χ4v) is 4.98. The van der Waals surface area contributed by atoms with Gasteiger partial charge in [-0.05, 0) is 44.7 Å². The van der Waals surface area contributed by atoms with Crippen LogP contribution in [0, 0.1) is 5.92 Å². The lowest BCUT2D eigenvalue weighted by Gasteiger charge is -2.39. The zero-order valence-electron chi connectivity index (χ0n) is 18.4. The van der Waals surface area contributed by atoms with Gasteiger partial charge >= 0.3 is 0 Å². The molecule has 0 saturated carbocycles.